The number of alkyl halides is 1. The highest BCUT2D eigenvalue weighted by atomic mass is 32.2. The summed E-state index contributed by atoms with van der Waals surface area (Å²) in [6.07, 6.45) is 7.97. The van der Waals surface area contributed by atoms with Gasteiger partial charge in [0.15, 0.2) is 0 Å². The summed E-state index contributed by atoms with van der Waals surface area (Å²) in [6, 6.07) is 0. The summed E-state index contributed by atoms with van der Waals surface area (Å²) in [4.78, 5) is 0. The maximum Gasteiger partial charge on any atom is 0.144 e. The smallest absolute Gasteiger partial charge is 0.144 e. The van der Waals surface area contributed by atoms with Crippen molar-refractivity contribution >= 4 is 17.2 Å². The van der Waals surface area contributed by atoms with Crippen LogP contribution in [0.25, 0.3) is 0 Å². The topological polar surface area (TPSA) is 29.4 Å². The highest BCUT2D eigenvalue weighted by Crippen LogP contribution is 2.36. The number of nitrogens with zero attached hydrogens (tertiary/aromatic N) is 1. The summed E-state index contributed by atoms with van der Waals surface area (Å²) in [6.45, 7) is 7.51. The minimum atomic E-state index is -1.24. The van der Waals surface area contributed by atoms with E-state index in [0.717, 1.165) is 12.8 Å². The van der Waals surface area contributed by atoms with E-state index in [-0.39, 0.29) is 10.7 Å². The Morgan fingerprint density at radius 1 is 1.44 bits per heavy atom. The average Bonchev–Trinajstić information content (AvgIpc) is 2.24. The molecule has 2 unspecified atom stereocenters. The predicted octanol–water partition coefficient (Wildman–Crippen LogP) is 3.99. The van der Waals surface area contributed by atoms with Crippen molar-refractivity contribution in [2.45, 2.75) is 63.8 Å². The zero-order valence-electron chi connectivity index (χ0n) is 11.8. The van der Waals surface area contributed by atoms with Gasteiger partial charge in [-0.05, 0) is 59.3 Å². The van der Waals surface area contributed by atoms with Crippen molar-refractivity contribution in [3.8, 4) is 0 Å². The van der Waals surface area contributed by atoms with Crippen LogP contribution in [0.2, 0.25) is 0 Å². The fourth-order valence-corrected chi connectivity index (χ4v) is 2.77. The van der Waals surface area contributed by atoms with Crippen molar-refractivity contribution in [1.29, 1.82) is 0 Å². The zero-order chi connectivity index (χ0) is 13.8. The van der Waals surface area contributed by atoms with Gasteiger partial charge in [0.2, 0.25) is 0 Å². The first-order valence-corrected chi connectivity index (χ1v) is 7.66. The molecule has 0 aliphatic heterocycles. The predicted molar refractivity (Wildman–Crippen MR) is 77.0 cm³/mol. The average molecular weight is 273 g/mol. The molecule has 0 N–H and O–H groups in total. The summed E-state index contributed by atoms with van der Waals surface area (Å²) in [5.74, 6) is 0.103. The standard InChI is InChI=1S/C14H24FNOS/c1-5-8-14(15)9-6-7-12(10-14)11-16-18(17)13(2,3)4/h5,8,11-12H,6-7,9-10H2,1-4H3/b8-5+,16-11?/t12?,14?,18-/m0/s1. The van der Waals surface area contributed by atoms with Crippen molar-refractivity contribution in [2.75, 3.05) is 0 Å². The van der Waals surface area contributed by atoms with E-state index in [1.54, 1.807) is 18.4 Å². The number of hydrogen-bond donors (Lipinski definition) is 0. The van der Waals surface area contributed by atoms with E-state index < -0.39 is 16.7 Å². The van der Waals surface area contributed by atoms with Crippen LogP contribution in [0.15, 0.2) is 16.5 Å². The van der Waals surface area contributed by atoms with Crippen molar-refractivity contribution in [3.63, 3.8) is 0 Å². The van der Waals surface area contributed by atoms with Crippen molar-refractivity contribution < 1.29 is 8.60 Å². The van der Waals surface area contributed by atoms with E-state index in [2.05, 4.69) is 4.40 Å². The molecular weight excluding hydrogens is 249 g/mol. The second kappa shape index (κ2) is 6.09. The number of allylic oxidation sites excluding steroid dienone is 2. The van der Waals surface area contributed by atoms with Crippen LogP contribution in [-0.4, -0.2) is 20.8 Å². The zero-order valence-corrected chi connectivity index (χ0v) is 12.6. The number of rotatable bonds is 3. The summed E-state index contributed by atoms with van der Waals surface area (Å²) in [5, 5.41) is 0. The summed E-state index contributed by atoms with van der Waals surface area (Å²) < 4.78 is 29.9. The minimum absolute atomic E-state index is 0.103. The molecule has 0 radical (unpaired) electrons. The molecule has 104 valence electrons. The van der Waals surface area contributed by atoms with Crippen LogP contribution in [0, 0.1) is 5.92 Å². The van der Waals surface area contributed by atoms with Gasteiger partial charge < -0.3 is 0 Å². The molecule has 0 saturated heterocycles. The Morgan fingerprint density at radius 2 is 2.11 bits per heavy atom. The molecule has 1 rings (SSSR count). The maximum atomic E-state index is 14.4. The number of hydrogen-bond acceptors (Lipinski definition) is 1. The van der Waals surface area contributed by atoms with E-state index in [1.165, 1.54) is 0 Å². The Bertz CT molecular complexity index is 359. The second-order valence-electron chi connectivity index (χ2n) is 6.01. The molecule has 3 atom stereocenters. The highest BCUT2D eigenvalue weighted by molar-refractivity contribution is 7.85. The molecule has 2 nitrogen and oxygen atoms in total. The van der Waals surface area contributed by atoms with Gasteiger partial charge in [0.1, 0.15) is 16.7 Å². The number of halogens is 1. The lowest BCUT2D eigenvalue weighted by molar-refractivity contribution is 0.146. The van der Waals surface area contributed by atoms with Crippen LogP contribution in [0.3, 0.4) is 0 Å². The summed E-state index contributed by atoms with van der Waals surface area (Å²) in [7, 11) is -1.24. The third-order valence-corrected chi connectivity index (χ3v) is 4.49. The van der Waals surface area contributed by atoms with Crippen LogP contribution in [-0.2, 0) is 11.0 Å². The van der Waals surface area contributed by atoms with Crippen molar-refractivity contribution in [1.82, 2.24) is 0 Å². The summed E-state index contributed by atoms with van der Waals surface area (Å²) >= 11 is 0. The van der Waals surface area contributed by atoms with Gasteiger partial charge in [-0.3, -0.25) is 0 Å². The molecule has 0 aromatic rings. The van der Waals surface area contributed by atoms with Gasteiger partial charge in [-0.25, -0.2) is 8.60 Å². The van der Waals surface area contributed by atoms with Gasteiger partial charge >= 0.3 is 0 Å². The first-order chi connectivity index (χ1) is 8.27. The van der Waals surface area contributed by atoms with E-state index in [0.29, 0.717) is 12.8 Å². The largest absolute Gasteiger partial charge is 0.239 e. The third kappa shape index (κ3) is 4.63. The van der Waals surface area contributed by atoms with Crippen molar-refractivity contribution in [3.05, 3.63) is 12.2 Å². The molecule has 18 heavy (non-hydrogen) atoms. The van der Waals surface area contributed by atoms with Gasteiger partial charge in [-0.2, -0.15) is 4.40 Å². The molecule has 0 bridgehead atoms. The van der Waals surface area contributed by atoms with Gasteiger partial charge in [0.25, 0.3) is 0 Å². The Balaban J connectivity index is 2.63. The van der Waals surface area contributed by atoms with Crippen LogP contribution < -0.4 is 0 Å². The van der Waals surface area contributed by atoms with E-state index >= 15 is 0 Å². The molecule has 1 aliphatic rings. The third-order valence-electron chi connectivity index (χ3n) is 3.13. The molecule has 1 aliphatic carbocycles. The SMILES string of the molecule is C/C=C/C1(F)CCCC(C=N[S@@](=O)C(C)(C)C)C1. The molecule has 0 heterocycles. The molecular formula is C14H24FNOS. The van der Waals surface area contributed by atoms with E-state index in [4.69, 9.17) is 0 Å². The first-order valence-electron chi connectivity index (χ1n) is 6.56. The molecule has 1 fully saturated rings. The minimum Gasteiger partial charge on any atom is -0.239 e. The van der Waals surface area contributed by atoms with Crippen LogP contribution in [0.5, 0.6) is 0 Å². The van der Waals surface area contributed by atoms with Crippen LogP contribution >= 0.6 is 0 Å². The maximum absolute atomic E-state index is 14.4. The van der Waals surface area contributed by atoms with Crippen molar-refractivity contribution in [2.24, 2.45) is 10.3 Å². The molecule has 0 aromatic carbocycles. The molecule has 1 saturated carbocycles. The van der Waals surface area contributed by atoms with Gasteiger partial charge in [-0.15, -0.1) is 0 Å². The fraction of sp³-hybridized carbons (Fsp3) is 0.786. The van der Waals surface area contributed by atoms with Gasteiger partial charge in [-0.1, -0.05) is 12.2 Å². The van der Waals surface area contributed by atoms with Crippen LogP contribution in [0.4, 0.5) is 4.39 Å². The quantitative estimate of drug-likeness (QED) is 0.564. The normalized spacial score (nSPS) is 32.2. The first kappa shape index (κ1) is 15.5. The lowest BCUT2D eigenvalue weighted by Gasteiger charge is -2.30. The van der Waals surface area contributed by atoms with E-state index in [9.17, 15) is 8.60 Å². The lowest BCUT2D eigenvalue weighted by atomic mass is 9.79. The van der Waals surface area contributed by atoms with Crippen LogP contribution in [0.1, 0.15) is 53.4 Å². The molecule has 0 amide bonds. The van der Waals surface area contributed by atoms with Gasteiger partial charge in [0.05, 0.1) is 4.75 Å². The summed E-state index contributed by atoms with van der Waals surface area (Å²) in [5.41, 5.74) is -1.20. The lowest BCUT2D eigenvalue weighted by Crippen LogP contribution is -2.29. The van der Waals surface area contributed by atoms with E-state index in [1.807, 2.05) is 27.7 Å². The Kier molecular flexibility index (Phi) is 5.26. The molecule has 0 spiro atoms. The Morgan fingerprint density at radius 3 is 2.67 bits per heavy atom. The fourth-order valence-electron chi connectivity index (χ4n) is 2.17. The second-order valence-corrected chi connectivity index (χ2v) is 7.94. The highest BCUT2D eigenvalue weighted by Gasteiger charge is 2.33. The monoisotopic (exact) mass is 273 g/mol. The molecule has 0 aromatic heterocycles. The Labute approximate surface area is 112 Å². The van der Waals surface area contributed by atoms with Gasteiger partial charge in [0, 0.05) is 6.21 Å². The Hall–Kier alpha value is -0.510. The molecule has 4 heteroatoms.